The van der Waals surface area contributed by atoms with Gasteiger partial charge in [0.05, 0.1) is 6.10 Å². The second-order valence-electron chi connectivity index (χ2n) is 5.79. The first-order valence-electron chi connectivity index (χ1n) is 6.57. The van der Waals surface area contributed by atoms with Crippen molar-refractivity contribution in [3.63, 3.8) is 0 Å². The monoisotopic (exact) mass is 250 g/mol. The predicted octanol–water partition coefficient (Wildman–Crippen LogP) is 1.57. The Labute approximate surface area is 108 Å². The highest BCUT2D eigenvalue weighted by atomic mass is 16.3. The minimum atomic E-state index is -0.416. The summed E-state index contributed by atoms with van der Waals surface area (Å²) in [6.07, 6.45) is 3.56. The number of nitrogens with one attached hydrogen (secondary N) is 1. The van der Waals surface area contributed by atoms with Crippen molar-refractivity contribution in [2.75, 3.05) is 13.1 Å². The van der Waals surface area contributed by atoms with Crippen LogP contribution in [0, 0.1) is 5.41 Å². The van der Waals surface area contributed by atoms with Crippen LogP contribution in [-0.2, 0) is 11.2 Å². The lowest BCUT2D eigenvalue weighted by atomic mass is 9.80. The molecule has 100 valence electrons. The van der Waals surface area contributed by atoms with E-state index in [4.69, 9.17) is 0 Å². The molecule has 1 atom stereocenters. The number of carbonyl (C=O) groups excluding carboxylic acids is 1. The lowest BCUT2D eigenvalue weighted by Crippen LogP contribution is -2.50. The van der Waals surface area contributed by atoms with Crippen molar-refractivity contribution in [3.8, 4) is 0 Å². The number of likely N-dealkylation sites (tertiary alicyclic amines) is 1. The van der Waals surface area contributed by atoms with Crippen molar-refractivity contribution in [2.24, 2.45) is 5.41 Å². The number of rotatable bonds is 3. The zero-order valence-electron chi connectivity index (χ0n) is 11.1. The molecular weight excluding hydrogens is 228 g/mol. The molecule has 1 aliphatic rings. The standard InChI is InChI=1S/C14H22N2O2/c1-14(2)7-9-16(10-12(14)17)13(18)6-5-11-4-3-8-15-11/h3-4,8,12,15,17H,5-7,9-10H2,1-2H3. The summed E-state index contributed by atoms with van der Waals surface area (Å²) in [7, 11) is 0. The smallest absolute Gasteiger partial charge is 0.223 e. The molecule has 2 N–H and O–H groups in total. The molecule has 1 fully saturated rings. The molecule has 1 amide bonds. The molecule has 0 saturated carbocycles. The van der Waals surface area contributed by atoms with E-state index in [-0.39, 0.29) is 11.3 Å². The Kier molecular flexibility index (Phi) is 3.76. The molecule has 0 bridgehead atoms. The van der Waals surface area contributed by atoms with Crippen molar-refractivity contribution in [1.82, 2.24) is 9.88 Å². The van der Waals surface area contributed by atoms with Crippen LogP contribution in [-0.4, -0.2) is 40.1 Å². The summed E-state index contributed by atoms with van der Waals surface area (Å²) in [4.78, 5) is 16.9. The fourth-order valence-electron chi connectivity index (χ4n) is 2.29. The fourth-order valence-corrected chi connectivity index (χ4v) is 2.29. The number of β-amino-alcohol motifs (C(OH)–C–C–N with tert-alkyl or cyclic N) is 1. The first kappa shape index (κ1) is 13.1. The molecule has 4 nitrogen and oxygen atoms in total. The first-order chi connectivity index (χ1) is 8.49. The SMILES string of the molecule is CC1(C)CCN(C(=O)CCc2ccc[nH]2)CC1O. The largest absolute Gasteiger partial charge is 0.391 e. The van der Waals surface area contributed by atoms with Gasteiger partial charge >= 0.3 is 0 Å². The van der Waals surface area contributed by atoms with Crippen LogP contribution in [0.1, 0.15) is 32.4 Å². The minimum Gasteiger partial charge on any atom is -0.391 e. The summed E-state index contributed by atoms with van der Waals surface area (Å²) in [5.74, 6) is 0.138. The van der Waals surface area contributed by atoms with Gasteiger partial charge in [0.15, 0.2) is 0 Å². The van der Waals surface area contributed by atoms with Crippen molar-refractivity contribution in [3.05, 3.63) is 24.0 Å². The summed E-state index contributed by atoms with van der Waals surface area (Å²) in [5.41, 5.74) is 1.01. The molecule has 0 radical (unpaired) electrons. The van der Waals surface area contributed by atoms with Crippen molar-refractivity contribution in [1.29, 1.82) is 0 Å². The van der Waals surface area contributed by atoms with Crippen LogP contribution in [0.25, 0.3) is 0 Å². The number of aromatic amines is 1. The van der Waals surface area contributed by atoms with Gasteiger partial charge in [0.2, 0.25) is 5.91 Å². The zero-order chi connectivity index (χ0) is 13.2. The molecule has 1 unspecified atom stereocenters. The lowest BCUT2D eigenvalue weighted by Gasteiger charge is -2.41. The average Bonchev–Trinajstić information content (AvgIpc) is 2.82. The summed E-state index contributed by atoms with van der Waals surface area (Å²) < 4.78 is 0. The Morgan fingerprint density at radius 3 is 3.00 bits per heavy atom. The highest BCUT2D eigenvalue weighted by Gasteiger charge is 2.35. The zero-order valence-corrected chi connectivity index (χ0v) is 11.1. The van der Waals surface area contributed by atoms with Gasteiger partial charge in [-0.25, -0.2) is 0 Å². The Morgan fingerprint density at radius 1 is 1.61 bits per heavy atom. The van der Waals surface area contributed by atoms with E-state index in [1.807, 2.05) is 18.3 Å². The summed E-state index contributed by atoms with van der Waals surface area (Å²) in [6.45, 7) is 5.33. The number of aliphatic hydroxyl groups is 1. The number of amides is 1. The molecule has 0 aliphatic carbocycles. The third kappa shape index (κ3) is 2.93. The molecular formula is C14H22N2O2. The molecule has 2 heterocycles. The average molecular weight is 250 g/mol. The van der Waals surface area contributed by atoms with E-state index in [9.17, 15) is 9.90 Å². The third-order valence-electron chi connectivity index (χ3n) is 3.94. The van der Waals surface area contributed by atoms with E-state index < -0.39 is 6.10 Å². The van der Waals surface area contributed by atoms with Crippen LogP contribution in [0.5, 0.6) is 0 Å². The van der Waals surface area contributed by atoms with Crippen LogP contribution in [0.4, 0.5) is 0 Å². The molecule has 0 aromatic carbocycles. The van der Waals surface area contributed by atoms with E-state index in [1.54, 1.807) is 4.90 Å². The van der Waals surface area contributed by atoms with Crippen molar-refractivity contribution >= 4 is 5.91 Å². The van der Waals surface area contributed by atoms with Gasteiger partial charge in [0, 0.05) is 31.4 Å². The number of aryl methyl sites for hydroxylation is 1. The second-order valence-corrected chi connectivity index (χ2v) is 5.79. The van der Waals surface area contributed by atoms with E-state index in [1.165, 1.54) is 0 Å². The van der Waals surface area contributed by atoms with Crippen LogP contribution >= 0.6 is 0 Å². The normalized spacial score (nSPS) is 23.1. The Bertz CT molecular complexity index is 398. The predicted molar refractivity (Wildman–Crippen MR) is 70.1 cm³/mol. The number of nitrogens with zero attached hydrogens (tertiary/aromatic N) is 1. The molecule has 1 saturated heterocycles. The van der Waals surface area contributed by atoms with Gasteiger partial charge in [-0.3, -0.25) is 4.79 Å². The van der Waals surface area contributed by atoms with Gasteiger partial charge in [-0.1, -0.05) is 13.8 Å². The Balaban J connectivity index is 1.83. The molecule has 18 heavy (non-hydrogen) atoms. The van der Waals surface area contributed by atoms with Gasteiger partial charge in [0.1, 0.15) is 0 Å². The number of aliphatic hydroxyl groups excluding tert-OH is 1. The van der Waals surface area contributed by atoms with Crippen LogP contribution in [0.15, 0.2) is 18.3 Å². The van der Waals surface area contributed by atoms with Crippen LogP contribution in [0.2, 0.25) is 0 Å². The molecule has 0 spiro atoms. The number of carbonyl (C=O) groups is 1. The summed E-state index contributed by atoms with van der Waals surface area (Å²) in [6, 6.07) is 3.93. The van der Waals surface area contributed by atoms with Gasteiger partial charge in [-0.15, -0.1) is 0 Å². The molecule has 4 heteroatoms. The van der Waals surface area contributed by atoms with Gasteiger partial charge in [0.25, 0.3) is 0 Å². The van der Waals surface area contributed by atoms with Gasteiger partial charge in [-0.05, 0) is 30.4 Å². The second kappa shape index (κ2) is 5.14. The molecule has 2 rings (SSSR count). The van der Waals surface area contributed by atoms with Crippen molar-refractivity contribution in [2.45, 2.75) is 39.2 Å². The minimum absolute atomic E-state index is 0.0732. The van der Waals surface area contributed by atoms with Gasteiger partial charge in [-0.2, -0.15) is 0 Å². The number of H-pyrrole nitrogens is 1. The quantitative estimate of drug-likeness (QED) is 0.855. The summed E-state index contributed by atoms with van der Waals surface area (Å²) in [5, 5.41) is 10.0. The van der Waals surface area contributed by atoms with Gasteiger partial charge < -0.3 is 15.0 Å². The molecule has 1 aromatic heterocycles. The topological polar surface area (TPSA) is 56.3 Å². The molecule has 1 aromatic rings. The number of aromatic nitrogens is 1. The Morgan fingerprint density at radius 2 is 2.39 bits per heavy atom. The van der Waals surface area contributed by atoms with Crippen LogP contribution in [0.3, 0.4) is 0 Å². The lowest BCUT2D eigenvalue weighted by molar-refractivity contribution is -0.137. The fraction of sp³-hybridized carbons (Fsp3) is 0.643. The number of hydrogen-bond acceptors (Lipinski definition) is 2. The summed E-state index contributed by atoms with van der Waals surface area (Å²) >= 11 is 0. The highest BCUT2D eigenvalue weighted by Crippen LogP contribution is 2.30. The van der Waals surface area contributed by atoms with Crippen molar-refractivity contribution < 1.29 is 9.90 Å². The van der Waals surface area contributed by atoms with E-state index in [0.717, 1.165) is 25.1 Å². The third-order valence-corrected chi connectivity index (χ3v) is 3.94. The maximum Gasteiger partial charge on any atom is 0.223 e. The number of hydrogen-bond donors (Lipinski definition) is 2. The Hall–Kier alpha value is -1.29. The van der Waals surface area contributed by atoms with E-state index >= 15 is 0 Å². The van der Waals surface area contributed by atoms with Crippen LogP contribution < -0.4 is 0 Å². The molecule has 1 aliphatic heterocycles. The number of piperidine rings is 1. The maximum absolute atomic E-state index is 12.1. The maximum atomic E-state index is 12.1. The van der Waals surface area contributed by atoms with E-state index in [0.29, 0.717) is 13.0 Å². The van der Waals surface area contributed by atoms with E-state index in [2.05, 4.69) is 18.8 Å². The first-order valence-corrected chi connectivity index (χ1v) is 6.57. The highest BCUT2D eigenvalue weighted by molar-refractivity contribution is 5.76.